The first-order valence-corrected chi connectivity index (χ1v) is 23.3. The molecule has 4 heterocycles. The van der Waals surface area contributed by atoms with E-state index in [0.717, 1.165) is 24.6 Å². The Kier molecular flexibility index (Phi) is 11.2. The summed E-state index contributed by atoms with van der Waals surface area (Å²) in [6, 6.07) is 24.0. The van der Waals surface area contributed by atoms with Crippen molar-refractivity contribution in [2.24, 2.45) is 0 Å². The fourth-order valence-corrected chi connectivity index (χ4v) is 14.2. The highest BCUT2D eigenvalue weighted by molar-refractivity contribution is 6.99. The number of nitrogens with zero attached hydrogens (tertiary/aromatic N) is 6. The second-order valence-electron chi connectivity index (χ2n) is 19.2. The molecule has 1 saturated carbocycles. The van der Waals surface area contributed by atoms with Crippen LogP contribution in [-0.2, 0) is 20.1 Å². The SMILES string of the molecule is Cc1c(N(C(=O)OC(C)(C)C)c2ncc3cc(C(F)(F)F)c(C4CCN([C@]5(C)COC[C@@H]5O[Si](c5ccccc5)(c5ccccc5)C(C)(C)C)CC4)cc3n2)cnn1C1CC1. The van der Waals surface area contributed by atoms with Gasteiger partial charge in [0.2, 0.25) is 5.95 Å². The van der Waals surface area contributed by atoms with Crippen LogP contribution in [0.3, 0.4) is 0 Å². The van der Waals surface area contributed by atoms with Crippen molar-refractivity contribution in [1.29, 1.82) is 0 Å². The minimum Gasteiger partial charge on any atom is -0.443 e. The molecule has 1 amide bonds. The molecule has 10 nitrogen and oxygen atoms in total. The number of hydrogen-bond donors (Lipinski definition) is 0. The maximum absolute atomic E-state index is 14.9. The molecule has 0 radical (unpaired) electrons. The van der Waals surface area contributed by atoms with E-state index in [0.29, 0.717) is 50.3 Å². The number of halogens is 3. The monoisotopic (exact) mass is 854 g/mol. The summed E-state index contributed by atoms with van der Waals surface area (Å²) in [6.45, 7) is 18.1. The summed E-state index contributed by atoms with van der Waals surface area (Å²) < 4.78 is 66.4. The van der Waals surface area contributed by atoms with Gasteiger partial charge < -0.3 is 13.9 Å². The second-order valence-corrected chi connectivity index (χ2v) is 23.4. The van der Waals surface area contributed by atoms with E-state index in [9.17, 15) is 18.0 Å². The van der Waals surface area contributed by atoms with Gasteiger partial charge in [-0.05, 0) is 112 Å². The molecule has 0 spiro atoms. The number of benzene rings is 3. The van der Waals surface area contributed by atoms with Gasteiger partial charge in [-0.25, -0.2) is 19.7 Å². The van der Waals surface area contributed by atoms with Crippen LogP contribution < -0.4 is 15.3 Å². The minimum atomic E-state index is -4.60. The van der Waals surface area contributed by atoms with Gasteiger partial charge in [0, 0.05) is 11.6 Å². The molecule has 8 rings (SSSR count). The van der Waals surface area contributed by atoms with Crippen molar-refractivity contribution in [1.82, 2.24) is 24.6 Å². The number of rotatable bonds is 9. The highest BCUT2D eigenvalue weighted by atomic mass is 28.4. The third-order valence-corrected chi connectivity index (χ3v) is 17.8. The predicted octanol–water partition coefficient (Wildman–Crippen LogP) is 9.48. The van der Waals surface area contributed by atoms with Crippen LogP contribution in [0.4, 0.5) is 29.6 Å². The molecule has 324 valence electrons. The summed E-state index contributed by atoms with van der Waals surface area (Å²) in [5.41, 5.74) is -0.314. The predicted molar refractivity (Wildman–Crippen MR) is 233 cm³/mol. The molecule has 2 aromatic heterocycles. The van der Waals surface area contributed by atoms with E-state index in [2.05, 4.69) is 91.2 Å². The average Bonchev–Trinajstić information content (AvgIpc) is 3.89. The second kappa shape index (κ2) is 15.9. The lowest BCUT2D eigenvalue weighted by molar-refractivity contribution is -0.138. The Morgan fingerprint density at radius 3 is 2.08 bits per heavy atom. The molecule has 5 aromatic rings. The van der Waals surface area contributed by atoms with Crippen LogP contribution in [0.5, 0.6) is 0 Å². The topological polar surface area (TPSA) is 94.8 Å². The zero-order chi connectivity index (χ0) is 43.5. The first kappa shape index (κ1) is 43.0. The number of anilines is 2. The van der Waals surface area contributed by atoms with Gasteiger partial charge in [0.1, 0.15) is 5.60 Å². The number of carbonyl (C=O) groups is 1. The van der Waals surface area contributed by atoms with Crippen LogP contribution in [0.1, 0.15) is 103 Å². The summed E-state index contributed by atoms with van der Waals surface area (Å²) >= 11 is 0. The highest BCUT2D eigenvalue weighted by Crippen LogP contribution is 2.45. The number of aromatic nitrogens is 4. The number of alkyl halides is 3. The van der Waals surface area contributed by atoms with Crippen LogP contribution in [-0.4, -0.2) is 82.6 Å². The van der Waals surface area contributed by atoms with Gasteiger partial charge in [0.05, 0.1) is 59.6 Å². The van der Waals surface area contributed by atoms with Gasteiger partial charge in [-0.3, -0.25) is 9.58 Å². The Morgan fingerprint density at radius 2 is 1.52 bits per heavy atom. The van der Waals surface area contributed by atoms with Crippen LogP contribution in [0.15, 0.2) is 85.2 Å². The fraction of sp³-hybridized carbons (Fsp3) is 0.489. The lowest BCUT2D eigenvalue weighted by Gasteiger charge is -2.50. The molecule has 3 aromatic carbocycles. The normalized spacial score (nSPS) is 20.9. The molecule has 0 N–H and O–H groups in total. The zero-order valence-electron chi connectivity index (χ0n) is 36.4. The van der Waals surface area contributed by atoms with Gasteiger partial charge in [0.15, 0.2) is 0 Å². The van der Waals surface area contributed by atoms with Crippen LogP contribution in [0.2, 0.25) is 5.04 Å². The van der Waals surface area contributed by atoms with E-state index < -0.39 is 43.2 Å². The summed E-state index contributed by atoms with van der Waals surface area (Å²) in [7, 11) is -2.93. The van der Waals surface area contributed by atoms with Gasteiger partial charge in [0.25, 0.3) is 8.32 Å². The van der Waals surface area contributed by atoms with E-state index in [4.69, 9.17) is 18.9 Å². The Hall–Kier alpha value is -4.63. The smallest absolute Gasteiger partial charge is 0.422 e. The Balaban J connectivity index is 1.10. The minimum absolute atomic E-state index is 0.00168. The molecule has 0 unspecified atom stereocenters. The van der Waals surface area contributed by atoms with Crippen LogP contribution in [0, 0.1) is 6.92 Å². The summed E-state index contributed by atoms with van der Waals surface area (Å²) in [4.78, 5) is 26.7. The van der Waals surface area contributed by atoms with E-state index in [1.807, 2.05) is 23.7 Å². The van der Waals surface area contributed by atoms with Crippen molar-refractivity contribution >= 4 is 47.3 Å². The third-order valence-electron chi connectivity index (χ3n) is 12.7. The first-order chi connectivity index (χ1) is 28.8. The summed E-state index contributed by atoms with van der Waals surface area (Å²) in [6.07, 6.45) is 0.352. The number of piperidine rings is 1. The molecule has 3 fully saturated rings. The summed E-state index contributed by atoms with van der Waals surface area (Å²) in [5, 5.41) is 6.91. The molecule has 1 aliphatic carbocycles. The molecule has 61 heavy (non-hydrogen) atoms. The van der Waals surface area contributed by atoms with Crippen molar-refractivity contribution in [2.45, 2.75) is 121 Å². The number of carbonyl (C=O) groups excluding carboxylic acids is 1. The highest BCUT2D eigenvalue weighted by Gasteiger charge is 2.56. The fourth-order valence-electron chi connectivity index (χ4n) is 9.40. The first-order valence-electron chi connectivity index (χ1n) is 21.4. The van der Waals surface area contributed by atoms with E-state index in [1.54, 1.807) is 33.0 Å². The molecule has 3 aliphatic rings. The number of likely N-dealkylation sites (tertiary alicyclic amines) is 1. The quantitative estimate of drug-likeness (QED) is 0.136. The maximum atomic E-state index is 14.9. The number of fused-ring (bicyclic) bond motifs is 1. The third kappa shape index (κ3) is 8.24. The van der Waals surface area contributed by atoms with Crippen molar-refractivity contribution in [3.05, 3.63) is 102 Å². The zero-order valence-corrected chi connectivity index (χ0v) is 37.4. The number of hydrogen-bond acceptors (Lipinski definition) is 8. The average molecular weight is 855 g/mol. The van der Waals surface area contributed by atoms with Crippen LogP contribution in [0.25, 0.3) is 10.9 Å². The molecule has 0 bridgehead atoms. The molecular weight excluding hydrogens is 798 g/mol. The van der Waals surface area contributed by atoms with Gasteiger partial charge in [-0.15, -0.1) is 0 Å². The lowest BCUT2D eigenvalue weighted by atomic mass is 9.83. The Bertz CT molecular complexity index is 2330. The van der Waals surface area contributed by atoms with Crippen molar-refractivity contribution < 1.29 is 31.9 Å². The number of amides is 1. The van der Waals surface area contributed by atoms with Crippen molar-refractivity contribution in [3.8, 4) is 0 Å². The summed E-state index contributed by atoms with van der Waals surface area (Å²) in [5.74, 6) is -0.388. The standard InChI is InChI=1S/C47H57F3N6O4Si/c1-31-40(28-52-56(31)34-19-20-34)55(43(57)59-44(2,3)4)42-51-27-33-25-38(47(48,49)50)37(26-39(33)53-42)32-21-23-54(24-22-32)46(8)30-58-29-41(46)60-61(45(5,6)7,35-15-11-9-12-16-35)36-17-13-10-14-18-36/h9-18,25-28,32,34,41H,19-24,29-30H2,1-8H3/t41-,46+/m0/s1. The van der Waals surface area contributed by atoms with E-state index in [-0.39, 0.29) is 34.1 Å². The Morgan fingerprint density at radius 1 is 0.902 bits per heavy atom. The van der Waals surface area contributed by atoms with E-state index >= 15 is 0 Å². The lowest BCUT2D eigenvalue weighted by Crippen LogP contribution is -2.70. The maximum Gasteiger partial charge on any atom is 0.422 e. The molecule has 2 atom stereocenters. The van der Waals surface area contributed by atoms with Crippen LogP contribution >= 0.6 is 0 Å². The van der Waals surface area contributed by atoms with E-state index in [1.165, 1.54) is 21.5 Å². The molecule has 2 saturated heterocycles. The largest absolute Gasteiger partial charge is 0.443 e. The van der Waals surface area contributed by atoms with Gasteiger partial charge in [-0.1, -0.05) is 81.4 Å². The molecular formula is C47H57F3N6O4Si. The van der Waals surface area contributed by atoms with Gasteiger partial charge >= 0.3 is 12.3 Å². The Labute approximate surface area is 357 Å². The molecule has 14 heteroatoms. The molecule has 2 aliphatic heterocycles. The van der Waals surface area contributed by atoms with Gasteiger partial charge in [-0.2, -0.15) is 18.3 Å². The number of ether oxygens (including phenoxy) is 2. The van der Waals surface area contributed by atoms with Crippen molar-refractivity contribution in [2.75, 3.05) is 31.2 Å². The van der Waals surface area contributed by atoms with Crippen molar-refractivity contribution in [3.63, 3.8) is 0 Å².